The number of hydrogen-bond acceptors (Lipinski definition) is 1. The van der Waals surface area contributed by atoms with Crippen LogP contribution in [0.3, 0.4) is 0 Å². The molecule has 0 aromatic carbocycles. The lowest BCUT2D eigenvalue weighted by Crippen LogP contribution is -2.12. The minimum atomic E-state index is -1.67. The number of rotatable bonds is 3. The predicted molar refractivity (Wildman–Crippen MR) is 30.7 cm³/mol. The lowest BCUT2D eigenvalue weighted by molar-refractivity contribution is 0.322. The summed E-state index contributed by atoms with van der Waals surface area (Å²) in [7, 11) is 0. The van der Waals surface area contributed by atoms with Crippen molar-refractivity contribution >= 4 is 17.3 Å². The van der Waals surface area contributed by atoms with E-state index in [1.165, 1.54) is 0 Å². The van der Waals surface area contributed by atoms with Gasteiger partial charge in [-0.05, 0) is 12.2 Å². The predicted octanol–water partition coefficient (Wildman–Crippen LogP) is 1.57. The highest BCUT2D eigenvalue weighted by molar-refractivity contribution is 7.80. The number of hydrogen-bond donors (Lipinski definition) is 1. The largest absolute Gasteiger partial charge is 0.500 e. The maximum Gasteiger partial charge on any atom is 0.191 e. The summed E-state index contributed by atoms with van der Waals surface area (Å²) in [5.41, 5.74) is 0. The second-order valence-corrected chi connectivity index (χ2v) is 1.70. The van der Waals surface area contributed by atoms with Crippen molar-refractivity contribution in [3.8, 4) is 0 Å². The smallest absolute Gasteiger partial charge is 0.191 e. The van der Waals surface area contributed by atoms with E-state index in [4.69, 9.17) is 5.11 Å². The van der Waals surface area contributed by atoms with Crippen LogP contribution in [-0.4, -0.2) is 23.0 Å². The highest BCUT2D eigenvalue weighted by Gasteiger charge is 2.09. The standard InChI is InChI=1S/C4H6F2OS/c5-2-1-3(6)4(7)8/h3H,1-2H2,(H,7,8). The highest BCUT2D eigenvalue weighted by atomic mass is 32.1. The van der Waals surface area contributed by atoms with Crippen molar-refractivity contribution in [1.29, 1.82) is 0 Å². The van der Waals surface area contributed by atoms with Gasteiger partial charge in [-0.2, -0.15) is 0 Å². The van der Waals surface area contributed by atoms with Crippen molar-refractivity contribution in [2.75, 3.05) is 6.67 Å². The first-order chi connectivity index (χ1) is 3.68. The van der Waals surface area contributed by atoms with Crippen LogP contribution in [0.1, 0.15) is 6.42 Å². The third-order valence-electron chi connectivity index (χ3n) is 0.631. The van der Waals surface area contributed by atoms with E-state index in [9.17, 15) is 8.78 Å². The van der Waals surface area contributed by atoms with Gasteiger partial charge in [0, 0.05) is 6.42 Å². The van der Waals surface area contributed by atoms with Crippen LogP contribution in [0, 0.1) is 0 Å². The average Bonchev–Trinajstić information content (AvgIpc) is 1.67. The first-order valence-corrected chi connectivity index (χ1v) is 2.52. The Balaban J connectivity index is 3.32. The fourth-order valence-electron chi connectivity index (χ4n) is 0.219. The molecule has 48 valence electrons. The van der Waals surface area contributed by atoms with Gasteiger partial charge in [0.1, 0.15) is 0 Å². The molecule has 1 nitrogen and oxygen atoms in total. The molecule has 0 bridgehead atoms. The Morgan fingerprint density at radius 1 is 1.75 bits per heavy atom. The van der Waals surface area contributed by atoms with Crippen LogP contribution in [0.2, 0.25) is 0 Å². The van der Waals surface area contributed by atoms with E-state index in [2.05, 4.69) is 12.2 Å². The fourth-order valence-corrected chi connectivity index (χ4v) is 0.337. The zero-order valence-corrected chi connectivity index (χ0v) is 4.92. The molecule has 8 heavy (non-hydrogen) atoms. The van der Waals surface area contributed by atoms with Crippen molar-refractivity contribution in [2.24, 2.45) is 0 Å². The molecule has 4 heteroatoms. The topological polar surface area (TPSA) is 20.2 Å². The number of aliphatic hydroxyl groups is 1. The second kappa shape index (κ2) is 3.72. The van der Waals surface area contributed by atoms with E-state index in [1.807, 2.05) is 0 Å². The first kappa shape index (κ1) is 7.75. The molecule has 0 saturated carbocycles. The summed E-state index contributed by atoms with van der Waals surface area (Å²) in [6.07, 6.45) is -2.01. The van der Waals surface area contributed by atoms with E-state index in [-0.39, 0.29) is 6.42 Å². The molecule has 0 rings (SSSR count). The summed E-state index contributed by atoms with van der Waals surface area (Å²) in [6, 6.07) is 0. The van der Waals surface area contributed by atoms with Gasteiger partial charge in [-0.1, -0.05) is 0 Å². The molecule has 0 heterocycles. The molecule has 1 atom stereocenters. The number of alkyl halides is 2. The maximum absolute atomic E-state index is 11.9. The monoisotopic (exact) mass is 140 g/mol. The van der Waals surface area contributed by atoms with Gasteiger partial charge < -0.3 is 5.11 Å². The van der Waals surface area contributed by atoms with Crippen molar-refractivity contribution < 1.29 is 13.9 Å². The summed E-state index contributed by atoms with van der Waals surface area (Å²) in [6.45, 7) is -0.790. The molecule has 0 saturated heterocycles. The minimum absolute atomic E-state index is 0.338. The molecular formula is C4H6F2OS. The maximum atomic E-state index is 11.9. The molecule has 0 radical (unpaired) electrons. The van der Waals surface area contributed by atoms with Crippen LogP contribution >= 0.6 is 12.2 Å². The molecule has 0 aliphatic carbocycles. The van der Waals surface area contributed by atoms with E-state index < -0.39 is 17.9 Å². The van der Waals surface area contributed by atoms with Crippen molar-refractivity contribution in [1.82, 2.24) is 0 Å². The van der Waals surface area contributed by atoms with Gasteiger partial charge >= 0.3 is 0 Å². The third-order valence-corrected chi connectivity index (χ3v) is 0.886. The third kappa shape index (κ3) is 2.85. The minimum Gasteiger partial charge on any atom is -0.500 e. The van der Waals surface area contributed by atoms with E-state index in [0.29, 0.717) is 0 Å². The Bertz CT molecular complexity index is 86.1. The van der Waals surface area contributed by atoms with Gasteiger partial charge in [0.25, 0.3) is 0 Å². The molecule has 0 spiro atoms. The summed E-state index contributed by atoms with van der Waals surface area (Å²) in [4.78, 5) is 0. The second-order valence-electron chi connectivity index (χ2n) is 1.28. The molecule has 0 aliphatic heterocycles. The normalized spacial score (nSPS) is 13.2. The van der Waals surface area contributed by atoms with Gasteiger partial charge in [0.2, 0.25) is 0 Å². The Morgan fingerprint density at radius 3 is 2.38 bits per heavy atom. The molecule has 0 amide bonds. The Morgan fingerprint density at radius 2 is 2.25 bits per heavy atom. The summed E-state index contributed by atoms with van der Waals surface area (Å²) in [5, 5.41) is 7.38. The molecule has 0 aromatic rings. The van der Waals surface area contributed by atoms with E-state index in [0.717, 1.165) is 0 Å². The Kier molecular flexibility index (Phi) is 3.60. The van der Waals surface area contributed by atoms with E-state index >= 15 is 0 Å². The molecule has 1 unspecified atom stereocenters. The first-order valence-electron chi connectivity index (χ1n) is 2.11. The SMILES string of the molecule is OC(=S)C(F)CCF. The molecule has 0 aromatic heterocycles. The van der Waals surface area contributed by atoms with Crippen LogP contribution in [0.25, 0.3) is 0 Å². The van der Waals surface area contributed by atoms with Crippen molar-refractivity contribution in [2.45, 2.75) is 12.6 Å². The number of halogens is 2. The molecule has 1 N–H and O–H groups in total. The molecular weight excluding hydrogens is 134 g/mol. The van der Waals surface area contributed by atoms with Gasteiger partial charge in [-0.15, -0.1) is 0 Å². The van der Waals surface area contributed by atoms with Crippen LogP contribution in [0.5, 0.6) is 0 Å². The average molecular weight is 140 g/mol. The summed E-state index contributed by atoms with van der Waals surface area (Å²) < 4.78 is 23.1. The van der Waals surface area contributed by atoms with Gasteiger partial charge in [-0.25, -0.2) is 4.39 Å². The molecule has 0 aliphatic rings. The fraction of sp³-hybridized carbons (Fsp3) is 0.750. The molecule has 0 fully saturated rings. The Hall–Kier alpha value is -0.250. The van der Waals surface area contributed by atoms with Gasteiger partial charge in [0.05, 0.1) is 6.67 Å². The number of thiocarbonyl (C=S) groups is 1. The van der Waals surface area contributed by atoms with Gasteiger partial charge in [-0.3, -0.25) is 4.39 Å². The zero-order chi connectivity index (χ0) is 6.57. The summed E-state index contributed by atoms with van der Waals surface area (Å²) in [5.74, 6) is 0. The van der Waals surface area contributed by atoms with Crippen LogP contribution in [0.4, 0.5) is 8.78 Å². The summed E-state index contributed by atoms with van der Waals surface area (Å²) >= 11 is 4.00. The quantitative estimate of drug-likeness (QED) is 0.600. The van der Waals surface area contributed by atoms with Crippen LogP contribution < -0.4 is 0 Å². The van der Waals surface area contributed by atoms with E-state index in [1.54, 1.807) is 0 Å². The lowest BCUT2D eigenvalue weighted by Gasteiger charge is -1.97. The lowest BCUT2D eigenvalue weighted by atomic mass is 10.3. The van der Waals surface area contributed by atoms with Crippen LogP contribution in [0.15, 0.2) is 0 Å². The van der Waals surface area contributed by atoms with Crippen LogP contribution in [-0.2, 0) is 0 Å². The van der Waals surface area contributed by atoms with Gasteiger partial charge in [0.15, 0.2) is 11.2 Å². The Labute approximate surface area is 51.3 Å². The zero-order valence-electron chi connectivity index (χ0n) is 4.10. The van der Waals surface area contributed by atoms with Crippen molar-refractivity contribution in [3.63, 3.8) is 0 Å². The highest BCUT2D eigenvalue weighted by Crippen LogP contribution is 1.98. The van der Waals surface area contributed by atoms with Crippen molar-refractivity contribution in [3.05, 3.63) is 0 Å². The number of aliphatic hydroxyl groups excluding tert-OH is 1.